The summed E-state index contributed by atoms with van der Waals surface area (Å²) in [5.74, 6) is 0.974. The summed E-state index contributed by atoms with van der Waals surface area (Å²) >= 11 is 6.17. The van der Waals surface area contributed by atoms with Crippen molar-refractivity contribution < 1.29 is 0 Å². The average molecular weight is 307 g/mol. The van der Waals surface area contributed by atoms with Gasteiger partial charge in [0.2, 0.25) is 0 Å². The molecule has 1 aromatic heterocycles. The van der Waals surface area contributed by atoms with Crippen LogP contribution in [0.2, 0.25) is 5.15 Å². The van der Waals surface area contributed by atoms with E-state index in [1.807, 2.05) is 14.1 Å². The number of benzene rings is 1. The molecular formula is C16H23ClN4. The molecule has 0 saturated heterocycles. The molecule has 1 heterocycles. The Morgan fingerprint density at radius 1 is 1.24 bits per heavy atom. The minimum absolute atomic E-state index is 0.568. The second kappa shape index (κ2) is 7.36. The van der Waals surface area contributed by atoms with Crippen molar-refractivity contribution in [2.75, 3.05) is 24.3 Å². The number of hydrogen-bond acceptors (Lipinski definition) is 3. The van der Waals surface area contributed by atoms with Gasteiger partial charge in [-0.15, -0.1) is 0 Å². The third-order valence-electron chi connectivity index (χ3n) is 3.40. The normalized spacial score (nSPS) is 10.7. The van der Waals surface area contributed by atoms with E-state index in [2.05, 4.69) is 51.4 Å². The molecule has 0 saturated carbocycles. The second-order valence-electron chi connectivity index (χ2n) is 5.35. The number of hydrogen-bond donors (Lipinski definition) is 2. The SMILES string of the molecule is CCCCc1nc(Cl)c(CNc2ccc(N(C)C)cc2)[nH]1. The van der Waals surface area contributed by atoms with Crippen LogP contribution in [0.5, 0.6) is 0 Å². The summed E-state index contributed by atoms with van der Waals surface area (Å²) in [7, 11) is 4.06. The molecule has 0 radical (unpaired) electrons. The van der Waals surface area contributed by atoms with Gasteiger partial charge in [0.05, 0.1) is 12.2 Å². The molecule has 2 rings (SSSR count). The molecule has 0 atom stereocenters. The topological polar surface area (TPSA) is 44.0 Å². The summed E-state index contributed by atoms with van der Waals surface area (Å²) in [6.45, 7) is 2.82. The summed E-state index contributed by atoms with van der Waals surface area (Å²) in [4.78, 5) is 9.74. The van der Waals surface area contributed by atoms with Crippen molar-refractivity contribution in [1.29, 1.82) is 0 Å². The van der Waals surface area contributed by atoms with Crippen LogP contribution < -0.4 is 10.2 Å². The molecule has 2 aromatic rings. The first-order valence-corrected chi connectivity index (χ1v) is 7.72. The van der Waals surface area contributed by atoms with E-state index in [9.17, 15) is 0 Å². The Kier molecular flexibility index (Phi) is 5.51. The van der Waals surface area contributed by atoms with Crippen LogP contribution in [-0.4, -0.2) is 24.1 Å². The highest BCUT2D eigenvalue weighted by Gasteiger charge is 2.07. The van der Waals surface area contributed by atoms with Crippen LogP contribution in [0.4, 0.5) is 11.4 Å². The van der Waals surface area contributed by atoms with Crippen LogP contribution in [0.25, 0.3) is 0 Å². The lowest BCUT2D eigenvalue weighted by Crippen LogP contribution is -2.08. The molecule has 0 aliphatic heterocycles. The van der Waals surface area contributed by atoms with Gasteiger partial charge in [-0.3, -0.25) is 0 Å². The summed E-state index contributed by atoms with van der Waals surface area (Å²) in [6.07, 6.45) is 3.24. The minimum atomic E-state index is 0.568. The largest absolute Gasteiger partial charge is 0.379 e. The maximum Gasteiger partial charge on any atom is 0.152 e. The van der Waals surface area contributed by atoms with Crippen LogP contribution in [0, 0.1) is 0 Å². The molecule has 5 heteroatoms. The van der Waals surface area contributed by atoms with Crippen molar-refractivity contribution >= 4 is 23.0 Å². The summed E-state index contributed by atoms with van der Waals surface area (Å²) in [6, 6.07) is 8.31. The number of aryl methyl sites for hydroxylation is 1. The van der Waals surface area contributed by atoms with E-state index in [4.69, 9.17) is 11.6 Å². The Morgan fingerprint density at radius 2 is 1.95 bits per heavy atom. The maximum absolute atomic E-state index is 6.17. The van der Waals surface area contributed by atoms with E-state index in [0.717, 1.165) is 36.5 Å². The Morgan fingerprint density at radius 3 is 2.57 bits per heavy atom. The Balaban J connectivity index is 1.94. The van der Waals surface area contributed by atoms with Gasteiger partial charge in [0.1, 0.15) is 5.82 Å². The molecule has 0 spiro atoms. The van der Waals surface area contributed by atoms with Crippen LogP contribution in [0.15, 0.2) is 24.3 Å². The highest BCUT2D eigenvalue weighted by Crippen LogP contribution is 2.18. The molecule has 0 bridgehead atoms. The Labute approximate surface area is 131 Å². The maximum atomic E-state index is 6.17. The van der Waals surface area contributed by atoms with Gasteiger partial charge in [-0.05, 0) is 30.7 Å². The summed E-state index contributed by atoms with van der Waals surface area (Å²) < 4.78 is 0. The lowest BCUT2D eigenvalue weighted by atomic mass is 10.2. The number of imidazole rings is 1. The van der Waals surface area contributed by atoms with E-state index >= 15 is 0 Å². The number of halogens is 1. The Hall–Kier alpha value is -1.68. The molecule has 0 aliphatic rings. The molecule has 114 valence electrons. The fraction of sp³-hybridized carbons (Fsp3) is 0.438. The monoisotopic (exact) mass is 306 g/mol. The van der Waals surface area contributed by atoms with Crippen molar-refractivity contribution in [2.45, 2.75) is 32.7 Å². The lowest BCUT2D eigenvalue weighted by Gasteiger charge is -2.13. The molecular weight excluding hydrogens is 284 g/mol. The predicted octanol–water partition coefficient (Wildman–Crippen LogP) is 4.08. The molecule has 0 aliphatic carbocycles. The van der Waals surface area contributed by atoms with E-state index < -0.39 is 0 Å². The van der Waals surface area contributed by atoms with Crippen molar-refractivity contribution in [1.82, 2.24) is 9.97 Å². The number of unbranched alkanes of at least 4 members (excludes halogenated alkanes) is 1. The Bertz CT molecular complexity index is 560. The zero-order valence-electron chi connectivity index (χ0n) is 12.9. The van der Waals surface area contributed by atoms with Crippen molar-refractivity contribution in [3.8, 4) is 0 Å². The molecule has 2 N–H and O–H groups in total. The van der Waals surface area contributed by atoms with Gasteiger partial charge in [0, 0.05) is 31.9 Å². The number of aromatic amines is 1. The number of nitrogens with zero attached hydrogens (tertiary/aromatic N) is 2. The third kappa shape index (κ3) is 4.39. The third-order valence-corrected chi connectivity index (χ3v) is 3.71. The van der Waals surface area contributed by atoms with Gasteiger partial charge in [0.15, 0.2) is 5.15 Å². The molecule has 21 heavy (non-hydrogen) atoms. The lowest BCUT2D eigenvalue weighted by molar-refractivity contribution is 0.760. The van der Waals surface area contributed by atoms with Crippen molar-refractivity contribution in [3.05, 3.63) is 40.9 Å². The smallest absolute Gasteiger partial charge is 0.152 e. The first kappa shape index (κ1) is 15.7. The van der Waals surface area contributed by atoms with Gasteiger partial charge >= 0.3 is 0 Å². The van der Waals surface area contributed by atoms with Crippen LogP contribution in [0.3, 0.4) is 0 Å². The predicted molar refractivity (Wildman–Crippen MR) is 90.3 cm³/mol. The summed E-state index contributed by atoms with van der Waals surface area (Å²) in [5, 5.41) is 3.93. The molecule has 0 unspecified atom stereocenters. The molecule has 0 amide bonds. The molecule has 4 nitrogen and oxygen atoms in total. The molecule has 0 fully saturated rings. The van der Waals surface area contributed by atoms with Gasteiger partial charge in [0.25, 0.3) is 0 Å². The van der Waals surface area contributed by atoms with Crippen LogP contribution in [-0.2, 0) is 13.0 Å². The fourth-order valence-electron chi connectivity index (χ4n) is 2.09. The zero-order chi connectivity index (χ0) is 15.2. The van der Waals surface area contributed by atoms with Crippen LogP contribution >= 0.6 is 11.6 Å². The number of rotatable bonds is 7. The minimum Gasteiger partial charge on any atom is -0.379 e. The van der Waals surface area contributed by atoms with E-state index in [1.165, 1.54) is 5.69 Å². The average Bonchev–Trinajstić information content (AvgIpc) is 2.83. The fourth-order valence-corrected chi connectivity index (χ4v) is 2.30. The highest BCUT2D eigenvalue weighted by atomic mass is 35.5. The van der Waals surface area contributed by atoms with Crippen molar-refractivity contribution in [3.63, 3.8) is 0 Å². The quantitative estimate of drug-likeness (QED) is 0.810. The number of nitrogens with one attached hydrogen (secondary N) is 2. The summed E-state index contributed by atoms with van der Waals surface area (Å²) in [5.41, 5.74) is 3.20. The first-order chi connectivity index (χ1) is 10.1. The zero-order valence-corrected chi connectivity index (χ0v) is 13.7. The van der Waals surface area contributed by atoms with Crippen molar-refractivity contribution in [2.24, 2.45) is 0 Å². The van der Waals surface area contributed by atoms with E-state index in [0.29, 0.717) is 11.7 Å². The molecule has 1 aromatic carbocycles. The number of anilines is 2. The van der Waals surface area contributed by atoms with Gasteiger partial charge in [-0.1, -0.05) is 24.9 Å². The first-order valence-electron chi connectivity index (χ1n) is 7.34. The second-order valence-corrected chi connectivity index (χ2v) is 5.71. The standard InChI is InChI=1S/C16H23ClN4/c1-4-5-6-15-19-14(16(17)20-15)11-18-12-7-9-13(10-8-12)21(2)3/h7-10,18H,4-6,11H2,1-3H3,(H,19,20). The van der Waals surface area contributed by atoms with Crippen LogP contribution in [0.1, 0.15) is 31.3 Å². The number of H-pyrrole nitrogens is 1. The van der Waals surface area contributed by atoms with E-state index in [-0.39, 0.29) is 0 Å². The van der Waals surface area contributed by atoms with Gasteiger partial charge in [-0.25, -0.2) is 4.98 Å². The highest BCUT2D eigenvalue weighted by molar-refractivity contribution is 6.30. The van der Waals surface area contributed by atoms with E-state index in [1.54, 1.807) is 0 Å². The number of aromatic nitrogens is 2. The van der Waals surface area contributed by atoms with Gasteiger partial charge in [-0.2, -0.15) is 0 Å². The van der Waals surface area contributed by atoms with Gasteiger partial charge < -0.3 is 15.2 Å².